The fourth-order valence-corrected chi connectivity index (χ4v) is 3.24. The molecule has 1 aliphatic carbocycles. The van der Waals surface area contributed by atoms with Gasteiger partial charge in [0.15, 0.2) is 0 Å². The first-order valence-corrected chi connectivity index (χ1v) is 8.08. The highest BCUT2D eigenvalue weighted by Crippen LogP contribution is 2.27. The van der Waals surface area contributed by atoms with Crippen LogP contribution in [0.25, 0.3) is 0 Å². The molecule has 2 unspecified atom stereocenters. The molecule has 118 valence electrons. The van der Waals surface area contributed by atoms with E-state index >= 15 is 0 Å². The molecule has 0 radical (unpaired) electrons. The Balaban J connectivity index is 2.02. The molecule has 0 amide bonds. The second-order valence-electron chi connectivity index (χ2n) is 5.79. The maximum atomic E-state index is 11.9. The van der Waals surface area contributed by atoms with Crippen molar-refractivity contribution in [2.45, 2.75) is 58.5 Å². The minimum atomic E-state index is -0.280. The molecular weight excluding hydrogens is 266 g/mol. The van der Waals surface area contributed by atoms with E-state index in [4.69, 9.17) is 4.74 Å². The molecule has 2 rings (SSSR count). The lowest BCUT2D eigenvalue weighted by atomic mass is 9.83. The van der Waals surface area contributed by atoms with E-state index < -0.39 is 0 Å². The van der Waals surface area contributed by atoms with Gasteiger partial charge in [-0.15, -0.1) is 0 Å². The first-order chi connectivity index (χ1) is 10.2. The molecule has 0 saturated heterocycles. The van der Waals surface area contributed by atoms with Crippen LogP contribution in [0.4, 0.5) is 0 Å². The number of nitrogens with one attached hydrogen (secondary N) is 1. The van der Waals surface area contributed by atoms with Gasteiger partial charge < -0.3 is 10.1 Å². The lowest BCUT2D eigenvalue weighted by Crippen LogP contribution is -2.38. The highest BCUT2D eigenvalue weighted by molar-refractivity contribution is 5.90. The first kappa shape index (κ1) is 16.0. The summed E-state index contributed by atoms with van der Waals surface area (Å²) in [4.78, 5) is 11.9. The number of carbonyl (C=O) groups excluding carboxylic acids is 1. The smallest absolute Gasteiger partial charge is 0.341 e. The van der Waals surface area contributed by atoms with Gasteiger partial charge in [0.05, 0.1) is 18.5 Å². The zero-order valence-electron chi connectivity index (χ0n) is 13.4. The molecule has 1 aromatic heterocycles. The molecule has 21 heavy (non-hydrogen) atoms. The lowest BCUT2D eigenvalue weighted by molar-refractivity contribution is 0.0524. The Morgan fingerprint density at radius 1 is 1.43 bits per heavy atom. The maximum absolute atomic E-state index is 11.9. The molecule has 1 aliphatic rings. The highest BCUT2D eigenvalue weighted by Gasteiger charge is 2.24. The van der Waals surface area contributed by atoms with Gasteiger partial charge in [-0.1, -0.05) is 26.2 Å². The third-order valence-corrected chi connectivity index (χ3v) is 4.52. The van der Waals surface area contributed by atoms with Crippen LogP contribution in [0.1, 0.15) is 62.0 Å². The van der Waals surface area contributed by atoms with Gasteiger partial charge in [0.25, 0.3) is 0 Å². The predicted octanol–water partition coefficient (Wildman–Crippen LogP) is 2.66. The maximum Gasteiger partial charge on any atom is 0.341 e. The van der Waals surface area contributed by atoms with E-state index in [2.05, 4.69) is 17.3 Å². The Kier molecular flexibility index (Phi) is 5.79. The number of aryl methyl sites for hydroxylation is 1. The monoisotopic (exact) mass is 293 g/mol. The zero-order chi connectivity index (χ0) is 15.2. The van der Waals surface area contributed by atoms with Crippen molar-refractivity contribution in [2.24, 2.45) is 13.0 Å². The normalized spacial score (nSPS) is 22.2. The number of hydrogen-bond donors (Lipinski definition) is 1. The minimum absolute atomic E-state index is 0.280. The van der Waals surface area contributed by atoms with Crippen LogP contribution in [0.3, 0.4) is 0 Å². The van der Waals surface area contributed by atoms with Crippen LogP contribution in [0.2, 0.25) is 0 Å². The molecule has 5 heteroatoms. The van der Waals surface area contributed by atoms with Crippen molar-refractivity contribution in [1.82, 2.24) is 15.1 Å². The number of aromatic nitrogens is 2. The fourth-order valence-electron chi connectivity index (χ4n) is 3.24. The molecule has 1 heterocycles. The molecule has 5 nitrogen and oxygen atoms in total. The standard InChI is InChI=1S/C16H27N3O2/c1-4-12-8-6-7-9-14(12)17-11-15-13(10-18-19(15)3)16(20)21-5-2/h10,12,14,17H,4-9,11H2,1-3H3. The Morgan fingerprint density at radius 2 is 2.19 bits per heavy atom. The van der Waals surface area contributed by atoms with E-state index in [9.17, 15) is 4.79 Å². The number of carbonyl (C=O) groups is 1. The fraction of sp³-hybridized carbons (Fsp3) is 0.750. The van der Waals surface area contributed by atoms with Gasteiger partial charge in [0, 0.05) is 19.6 Å². The van der Waals surface area contributed by atoms with Crippen LogP contribution < -0.4 is 5.32 Å². The van der Waals surface area contributed by atoms with Crippen LogP contribution in [0.15, 0.2) is 6.20 Å². The summed E-state index contributed by atoms with van der Waals surface area (Å²) in [5.74, 6) is 0.469. The van der Waals surface area contributed by atoms with E-state index in [1.807, 2.05) is 14.0 Å². The van der Waals surface area contributed by atoms with E-state index in [1.165, 1.54) is 32.1 Å². The van der Waals surface area contributed by atoms with Crippen molar-refractivity contribution >= 4 is 5.97 Å². The van der Waals surface area contributed by atoms with Crippen molar-refractivity contribution in [2.75, 3.05) is 6.61 Å². The van der Waals surface area contributed by atoms with Crippen LogP contribution >= 0.6 is 0 Å². The number of hydrogen-bond acceptors (Lipinski definition) is 4. The number of esters is 1. The van der Waals surface area contributed by atoms with E-state index in [-0.39, 0.29) is 5.97 Å². The van der Waals surface area contributed by atoms with Crippen molar-refractivity contribution in [3.05, 3.63) is 17.5 Å². The largest absolute Gasteiger partial charge is 0.462 e. The van der Waals surface area contributed by atoms with Gasteiger partial charge >= 0.3 is 5.97 Å². The van der Waals surface area contributed by atoms with Gasteiger partial charge in [-0.25, -0.2) is 4.79 Å². The van der Waals surface area contributed by atoms with Crippen molar-refractivity contribution in [1.29, 1.82) is 0 Å². The van der Waals surface area contributed by atoms with Gasteiger partial charge in [0.2, 0.25) is 0 Å². The van der Waals surface area contributed by atoms with Crippen molar-refractivity contribution in [3.63, 3.8) is 0 Å². The number of ether oxygens (including phenoxy) is 1. The molecule has 0 spiro atoms. The van der Waals surface area contributed by atoms with Gasteiger partial charge in [0.1, 0.15) is 5.56 Å². The second-order valence-corrected chi connectivity index (χ2v) is 5.79. The van der Waals surface area contributed by atoms with Crippen molar-refractivity contribution < 1.29 is 9.53 Å². The zero-order valence-corrected chi connectivity index (χ0v) is 13.4. The van der Waals surface area contributed by atoms with Gasteiger partial charge in [-0.3, -0.25) is 4.68 Å². The molecule has 0 bridgehead atoms. The Labute approximate surface area is 127 Å². The molecular formula is C16H27N3O2. The summed E-state index contributed by atoms with van der Waals surface area (Å²) >= 11 is 0. The number of nitrogens with zero attached hydrogens (tertiary/aromatic N) is 2. The summed E-state index contributed by atoms with van der Waals surface area (Å²) < 4.78 is 6.86. The van der Waals surface area contributed by atoms with E-state index in [0.717, 1.165) is 11.6 Å². The third-order valence-electron chi connectivity index (χ3n) is 4.52. The SMILES string of the molecule is CCOC(=O)c1cnn(C)c1CNC1CCCCC1CC. The summed E-state index contributed by atoms with van der Waals surface area (Å²) in [6.07, 6.45) is 8.00. The summed E-state index contributed by atoms with van der Waals surface area (Å²) in [6, 6.07) is 0.550. The molecule has 1 fully saturated rings. The van der Waals surface area contributed by atoms with Crippen LogP contribution in [0.5, 0.6) is 0 Å². The lowest BCUT2D eigenvalue weighted by Gasteiger charge is -2.31. The second kappa shape index (κ2) is 7.59. The minimum Gasteiger partial charge on any atom is -0.462 e. The number of rotatable bonds is 6. The van der Waals surface area contributed by atoms with Crippen LogP contribution in [-0.4, -0.2) is 28.4 Å². The predicted molar refractivity (Wildman–Crippen MR) is 82.0 cm³/mol. The molecule has 1 N–H and O–H groups in total. The summed E-state index contributed by atoms with van der Waals surface area (Å²) in [7, 11) is 1.87. The quantitative estimate of drug-likeness (QED) is 0.819. The van der Waals surface area contributed by atoms with Gasteiger partial charge in [-0.2, -0.15) is 5.10 Å². The van der Waals surface area contributed by atoms with Crippen molar-refractivity contribution in [3.8, 4) is 0 Å². The van der Waals surface area contributed by atoms with Gasteiger partial charge in [-0.05, 0) is 25.7 Å². The summed E-state index contributed by atoms with van der Waals surface area (Å²) in [6.45, 7) is 5.14. The average Bonchev–Trinajstić information content (AvgIpc) is 2.86. The summed E-state index contributed by atoms with van der Waals surface area (Å²) in [5.41, 5.74) is 1.49. The van der Waals surface area contributed by atoms with E-state index in [0.29, 0.717) is 24.8 Å². The average molecular weight is 293 g/mol. The Morgan fingerprint density at radius 3 is 2.90 bits per heavy atom. The highest BCUT2D eigenvalue weighted by atomic mass is 16.5. The topological polar surface area (TPSA) is 56.1 Å². The molecule has 0 aromatic carbocycles. The van der Waals surface area contributed by atoms with E-state index in [1.54, 1.807) is 10.9 Å². The Bertz CT molecular complexity index is 470. The third kappa shape index (κ3) is 3.84. The molecule has 1 saturated carbocycles. The first-order valence-electron chi connectivity index (χ1n) is 8.08. The molecule has 0 aliphatic heterocycles. The Hall–Kier alpha value is -1.36. The molecule has 1 aromatic rings. The van der Waals surface area contributed by atoms with Crippen LogP contribution in [-0.2, 0) is 18.3 Å². The summed E-state index contributed by atoms with van der Waals surface area (Å²) in [5, 5.41) is 7.83. The van der Waals surface area contributed by atoms with Crippen LogP contribution in [0, 0.1) is 5.92 Å². The molecule has 2 atom stereocenters.